The molecule has 0 saturated heterocycles. The lowest BCUT2D eigenvalue weighted by Gasteiger charge is -2.09. The lowest BCUT2D eigenvalue weighted by Crippen LogP contribution is -2.29. The first-order valence-corrected chi connectivity index (χ1v) is 5.98. The minimum Gasteiger partial charge on any atom is -0.377 e. The molecule has 1 aromatic rings. The molecule has 0 fully saturated rings. The molecule has 6 heteroatoms. The van der Waals surface area contributed by atoms with E-state index in [1.165, 1.54) is 12.1 Å². The first-order chi connectivity index (χ1) is 8.00. The van der Waals surface area contributed by atoms with Crippen LogP contribution in [0.15, 0.2) is 12.1 Å². The minimum atomic E-state index is -0.357. The third-order valence-electron chi connectivity index (χ3n) is 1.87. The number of carbonyl (C=O) groups is 1. The Bertz CT molecular complexity index is 397. The summed E-state index contributed by atoms with van der Waals surface area (Å²) < 4.78 is 5.29. The second-order valence-electron chi connectivity index (χ2n) is 3.64. The van der Waals surface area contributed by atoms with E-state index in [9.17, 15) is 4.79 Å². The van der Waals surface area contributed by atoms with Crippen molar-refractivity contribution in [3.63, 3.8) is 0 Å². The van der Waals surface area contributed by atoms with Crippen molar-refractivity contribution in [3.8, 4) is 0 Å². The monoisotopic (exact) mass is 276 g/mol. The van der Waals surface area contributed by atoms with Gasteiger partial charge in [0.25, 0.3) is 5.91 Å². The second-order valence-corrected chi connectivity index (χ2v) is 4.43. The minimum absolute atomic E-state index is 0.128. The predicted molar refractivity (Wildman–Crippen MR) is 67.7 cm³/mol. The summed E-state index contributed by atoms with van der Waals surface area (Å²) in [6.07, 6.45) is 0.139. The van der Waals surface area contributed by atoms with Crippen LogP contribution in [0.4, 0.5) is 0 Å². The predicted octanol–water partition coefficient (Wildman–Crippen LogP) is 2.54. The number of hydrogen-bond acceptors (Lipinski definition) is 3. The van der Waals surface area contributed by atoms with E-state index in [0.717, 1.165) is 0 Å². The quantitative estimate of drug-likeness (QED) is 0.664. The van der Waals surface area contributed by atoms with Crippen molar-refractivity contribution in [2.75, 3.05) is 13.2 Å². The lowest BCUT2D eigenvalue weighted by molar-refractivity contribution is 0.0745. The summed E-state index contributed by atoms with van der Waals surface area (Å²) in [5.74, 6) is -0.357. The molecule has 0 bridgehead atoms. The van der Waals surface area contributed by atoms with Crippen LogP contribution in [0, 0.1) is 0 Å². The highest BCUT2D eigenvalue weighted by Crippen LogP contribution is 2.16. The van der Waals surface area contributed by atoms with Crippen LogP contribution in [0.2, 0.25) is 10.2 Å². The van der Waals surface area contributed by atoms with Crippen molar-refractivity contribution in [1.29, 1.82) is 0 Å². The van der Waals surface area contributed by atoms with Crippen LogP contribution in [0.3, 0.4) is 0 Å². The van der Waals surface area contributed by atoms with E-state index in [4.69, 9.17) is 27.9 Å². The number of pyridine rings is 1. The molecule has 1 N–H and O–H groups in total. The molecular formula is C11H14Cl2N2O2. The van der Waals surface area contributed by atoms with Gasteiger partial charge < -0.3 is 10.1 Å². The van der Waals surface area contributed by atoms with E-state index < -0.39 is 0 Å². The summed E-state index contributed by atoms with van der Waals surface area (Å²) >= 11 is 11.5. The smallest absolute Gasteiger partial charge is 0.271 e. The third kappa shape index (κ3) is 4.89. The SMILES string of the molecule is CC(C)OCCNC(=O)c1nc(Cl)ccc1Cl. The van der Waals surface area contributed by atoms with E-state index in [-0.39, 0.29) is 27.9 Å². The van der Waals surface area contributed by atoms with Gasteiger partial charge in [-0.3, -0.25) is 4.79 Å². The lowest BCUT2D eigenvalue weighted by atomic mass is 10.3. The molecule has 0 atom stereocenters. The van der Waals surface area contributed by atoms with Crippen LogP contribution in [0.25, 0.3) is 0 Å². The normalized spacial score (nSPS) is 10.6. The van der Waals surface area contributed by atoms with E-state index in [1.54, 1.807) is 0 Å². The molecule has 1 heterocycles. The van der Waals surface area contributed by atoms with Gasteiger partial charge in [0.2, 0.25) is 0 Å². The number of amides is 1. The Balaban J connectivity index is 2.49. The molecule has 0 radical (unpaired) electrons. The Morgan fingerprint density at radius 3 is 2.82 bits per heavy atom. The van der Waals surface area contributed by atoms with Gasteiger partial charge in [0.1, 0.15) is 10.8 Å². The van der Waals surface area contributed by atoms with Crippen LogP contribution in [-0.2, 0) is 4.74 Å². The first-order valence-electron chi connectivity index (χ1n) is 5.22. The third-order valence-corrected chi connectivity index (χ3v) is 2.38. The van der Waals surface area contributed by atoms with Crippen molar-refractivity contribution in [2.45, 2.75) is 20.0 Å². The zero-order valence-corrected chi connectivity index (χ0v) is 11.2. The standard InChI is InChI=1S/C11H14Cl2N2O2/c1-7(2)17-6-5-14-11(16)10-8(12)3-4-9(13)15-10/h3-4,7H,5-6H2,1-2H3,(H,14,16). The van der Waals surface area contributed by atoms with Crippen LogP contribution in [0.5, 0.6) is 0 Å². The zero-order chi connectivity index (χ0) is 12.8. The van der Waals surface area contributed by atoms with E-state index in [1.807, 2.05) is 13.8 Å². The Morgan fingerprint density at radius 2 is 2.18 bits per heavy atom. The molecule has 1 aromatic heterocycles. The van der Waals surface area contributed by atoms with Gasteiger partial charge in [0.15, 0.2) is 0 Å². The first kappa shape index (κ1) is 14.2. The van der Waals surface area contributed by atoms with Crippen molar-refractivity contribution in [3.05, 3.63) is 28.0 Å². The largest absolute Gasteiger partial charge is 0.377 e. The maximum absolute atomic E-state index is 11.7. The Labute approximate surface area is 110 Å². The molecule has 4 nitrogen and oxygen atoms in total. The van der Waals surface area contributed by atoms with E-state index in [0.29, 0.717) is 13.2 Å². The number of nitrogens with zero attached hydrogens (tertiary/aromatic N) is 1. The average molecular weight is 277 g/mol. The van der Waals surface area contributed by atoms with Gasteiger partial charge in [0.05, 0.1) is 17.7 Å². The highest BCUT2D eigenvalue weighted by atomic mass is 35.5. The molecule has 0 aliphatic rings. The Morgan fingerprint density at radius 1 is 1.47 bits per heavy atom. The van der Waals surface area contributed by atoms with Gasteiger partial charge in [-0.15, -0.1) is 0 Å². The van der Waals surface area contributed by atoms with E-state index >= 15 is 0 Å². The zero-order valence-electron chi connectivity index (χ0n) is 9.67. The maximum atomic E-state index is 11.7. The van der Waals surface area contributed by atoms with Crippen LogP contribution >= 0.6 is 23.2 Å². The number of halogens is 2. The molecule has 1 amide bonds. The van der Waals surface area contributed by atoms with Gasteiger partial charge in [-0.1, -0.05) is 23.2 Å². The van der Waals surface area contributed by atoms with Crippen LogP contribution < -0.4 is 5.32 Å². The fourth-order valence-electron chi connectivity index (χ4n) is 1.12. The number of nitrogens with one attached hydrogen (secondary N) is 1. The molecule has 0 saturated carbocycles. The molecule has 1 rings (SSSR count). The van der Waals surface area contributed by atoms with Crippen LogP contribution in [-0.4, -0.2) is 30.1 Å². The Hall–Kier alpha value is -0.840. The summed E-state index contributed by atoms with van der Waals surface area (Å²) in [6, 6.07) is 3.07. The molecule has 0 spiro atoms. The van der Waals surface area contributed by atoms with Gasteiger partial charge in [-0.25, -0.2) is 4.98 Å². The number of ether oxygens (including phenoxy) is 1. The molecule has 17 heavy (non-hydrogen) atoms. The maximum Gasteiger partial charge on any atom is 0.271 e. The molecule has 0 aliphatic carbocycles. The topological polar surface area (TPSA) is 51.2 Å². The second kappa shape index (κ2) is 6.79. The fourth-order valence-corrected chi connectivity index (χ4v) is 1.46. The van der Waals surface area contributed by atoms with E-state index in [2.05, 4.69) is 10.3 Å². The molecule has 0 aliphatic heterocycles. The van der Waals surface area contributed by atoms with Crippen molar-refractivity contribution >= 4 is 29.1 Å². The molecular weight excluding hydrogens is 263 g/mol. The highest BCUT2D eigenvalue weighted by molar-refractivity contribution is 6.34. The molecule has 0 aromatic carbocycles. The number of carbonyl (C=O) groups excluding carboxylic acids is 1. The fraction of sp³-hybridized carbons (Fsp3) is 0.455. The molecule has 0 unspecified atom stereocenters. The summed E-state index contributed by atoms with van der Waals surface area (Å²) in [6.45, 7) is 4.71. The van der Waals surface area contributed by atoms with Crippen molar-refractivity contribution < 1.29 is 9.53 Å². The highest BCUT2D eigenvalue weighted by Gasteiger charge is 2.12. The number of hydrogen-bond donors (Lipinski definition) is 1. The molecule has 94 valence electrons. The van der Waals surface area contributed by atoms with Crippen molar-refractivity contribution in [1.82, 2.24) is 10.3 Å². The van der Waals surface area contributed by atoms with Crippen LogP contribution in [0.1, 0.15) is 24.3 Å². The average Bonchev–Trinajstić information content (AvgIpc) is 2.27. The Kier molecular flexibility index (Phi) is 5.68. The van der Waals surface area contributed by atoms with Crippen molar-refractivity contribution in [2.24, 2.45) is 0 Å². The van der Waals surface area contributed by atoms with Gasteiger partial charge in [0, 0.05) is 6.54 Å². The van der Waals surface area contributed by atoms with Gasteiger partial charge >= 0.3 is 0 Å². The number of rotatable bonds is 5. The summed E-state index contributed by atoms with van der Waals surface area (Å²) in [7, 11) is 0. The summed E-state index contributed by atoms with van der Waals surface area (Å²) in [5, 5.41) is 3.16. The van der Waals surface area contributed by atoms with Gasteiger partial charge in [-0.05, 0) is 26.0 Å². The summed E-state index contributed by atoms with van der Waals surface area (Å²) in [5.41, 5.74) is 0.128. The van der Waals surface area contributed by atoms with Gasteiger partial charge in [-0.2, -0.15) is 0 Å². The summed E-state index contributed by atoms with van der Waals surface area (Å²) in [4.78, 5) is 15.6. The number of aromatic nitrogens is 1.